The summed E-state index contributed by atoms with van der Waals surface area (Å²) >= 11 is 1.68. The number of ether oxygens (including phenoxy) is 1. The summed E-state index contributed by atoms with van der Waals surface area (Å²) in [6.07, 6.45) is 3.81. The van der Waals surface area contributed by atoms with Crippen LogP contribution in [-0.4, -0.2) is 52.5 Å². The molecule has 0 aromatic rings. The molecule has 0 aliphatic carbocycles. The Labute approximate surface area is 113 Å². The van der Waals surface area contributed by atoms with Crippen LogP contribution in [0.5, 0.6) is 0 Å². The summed E-state index contributed by atoms with van der Waals surface area (Å²) in [5, 5.41) is 10.8. The molecule has 1 fully saturated rings. The minimum Gasteiger partial charge on any atom is -0.386 e. The lowest BCUT2D eigenvalue weighted by molar-refractivity contribution is -0.0636. The molecule has 18 heavy (non-hydrogen) atoms. The normalized spacial score (nSPS) is 32.6. The lowest BCUT2D eigenvalue weighted by Gasteiger charge is -2.32. The predicted octanol–water partition coefficient (Wildman–Crippen LogP) is 1.85. The second-order valence-electron chi connectivity index (χ2n) is 4.86. The molecule has 0 bridgehead atoms. The molecule has 0 aromatic carbocycles. The summed E-state index contributed by atoms with van der Waals surface area (Å²) in [4.78, 5) is 6.91. The van der Waals surface area contributed by atoms with Crippen LogP contribution < -0.4 is 0 Å². The van der Waals surface area contributed by atoms with Gasteiger partial charge in [-0.3, -0.25) is 4.99 Å². The maximum Gasteiger partial charge on any atom is 0.161 e. The fraction of sp³-hybridized carbons (Fsp3) is 0.769. The maximum atomic E-state index is 9.76. The number of aliphatic imine (C=N–C) groups is 1. The smallest absolute Gasteiger partial charge is 0.161 e. The van der Waals surface area contributed by atoms with Crippen molar-refractivity contribution in [2.45, 2.75) is 49.9 Å². The largest absolute Gasteiger partial charge is 0.386 e. The van der Waals surface area contributed by atoms with Crippen molar-refractivity contribution in [3.05, 3.63) is 12.7 Å². The van der Waals surface area contributed by atoms with Gasteiger partial charge in [0.2, 0.25) is 0 Å². The molecule has 4 atom stereocenters. The topological polar surface area (TPSA) is 45.1 Å². The SMILES string of the molecule is C=C[C@@H](O)[C@H]1CC[C@H]2N=C(N(C)CCC)S[C@H]2O1. The Morgan fingerprint density at radius 2 is 2.44 bits per heavy atom. The van der Waals surface area contributed by atoms with Crippen LogP contribution in [0.25, 0.3) is 0 Å². The molecule has 0 aromatic heterocycles. The molecule has 0 unspecified atom stereocenters. The van der Waals surface area contributed by atoms with Crippen molar-refractivity contribution >= 4 is 16.9 Å². The minimum absolute atomic E-state index is 0.0626. The lowest BCUT2D eigenvalue weighted by Crippen LogP contribution is -2.39. The third-order valence-electron chi connectivity index (χ3n) is 3.38. The van der Waals surface area contributed by atoms with Crippen molar-refractivity contribution in [2.24, 2.45) is 4.99 Å². The first kappa shape index (κ1) is 13.9. The molecule has 0 spiro atoms. The number of aliphatic hydroxyl groups excluding tert-OH is 1. The number of hydrogen-bond acceptors (Lipinski definition) is 5. The third-order valence-corrected chi connectivity index (χ3v) is 4.66. The highest BCUT2D eigenvalue weighted by Gasteiger charge is 2.39. The van der Waals surface area contributed by atoms with E-state index in [0.717, 1.165) is 31.0 Å². The zero-order valence-electron chi connectivity index (χ0n) is 11.1. The molecule has 1 N–H and O–H groups in total. The summed E-state index contributed by atoms with van der Waals surface area (Å²) in [5.41, 5.74) is 0.0626. The van der Waals surface area contributed by atoms with Gasteiger partial charge in [-0.1, -0.05) is 24.8 Å². The molecule has 2 aliphatic heterocycles. The molecular weight excluding hydrogens is 248 g/mol. The van der Waals surface area contributed by atoms with E-state index in [1.807, 2.05) is 0 Å². The van der Waals surface area contributed by atoms with Gasteiger partial charge < -0.3 is 14.7 Å². The number of fused-ring (bicyclic) bond motifs is 1. The van der Waals surface area contributed by atoms with Crippen LogP contribution >= 0.6 is 11.8 Å². The first-order valence-electron chi connectivity index (χ1n) is 6.57. The average Bonchev–Trinajstić information content (AvgIpc) is 2.80. The highest BCUT2D eigenvalue weighted by Crippen LogP contribution is 2.37. The Morgan fingerprint density at radius 3 is 3.11 bits per heavy atom. The molecule has 4 nitrogen and oxygen atoms in total. The van der Waals surface area contributed by atoms with Gasteiger partial charge in [0.25, 0.3) is 0 Å². The van der Waals surface area contributed by atoms with E-state index in [1.165, 1.54) is 0 Å². The van der Waals surface area contributed by atoms with Crippen molar-refractivity contribution in [3.63, 3.8) is 0 Å². The van der Waals surface area contributed by atoms with Gasteiger partial charge in [-0.05, 0) is 19.3 Å². The van der Waals surface area contributed by atoms with Gasteiger partial charge in [-0.25, -0.2) is 0 Å². The van der Waals surface area contributed by atoms with E-state index in [0.29, 0.717) is 0 Å². The van der Waals surface area contributed by atoms with Crippen LogP contribution in [0.4, 0.5) is 0 Å². The number of amidine groups is 1. The maximum absolute atomic E-state index is 9.76. The second-order valence-corrected chi connectivity index (χ2v) is 5.93. The van der Waals surface area contributed by atoms with Crippen LogP contribution in [0.1, 0.15) is 26.2 Å². The number of hydrogen-bond donors (Lipinski definition) is 1. The first-order chi connectivity index (χ1) is 8.65. The fourth-order valence-electron chi connectivity index (χ4n) is 2.33. The Bertz CT molecular complexity index is 335. The minimum atomic E-state index is -0.566. The Kier molecular flexibility index (Phi) is 4.70. The van der Waals surface area contributed by atoms with E-state index >= 15 is 0 Å². The molecular formula is C13H22N2O2S. The van der Waals surface area contributed by atoms with Crippen molar-refractivity contribution in [3.8, 4) is 0 Å². The van der Waals surface area contributed by atoms with Gasteiger partial charge in [0, 0.05) is 13.6 Å². The lowest BCUT2D eigenvalue weighted by atomic mass is 10.0. The summed E-state index contributed by atoms with van der Waals surface area (Å²) in [6, 6.07) is 0.248. The van der Waals surface area contributed by atoms with Crippen LogP contribution in [0.15, 0.2) is 17.6 Å². The number of aliphatic hydroxyl groups is 1. The van der Waals surface area contributed by atoms with Crippen molar-refractivity contribution in [2.75, 3.05) is 13.6 Å². The molecule has 5 heteroatoms. The fourth-order valence-corrected chi connectivity index (χ4v) is 3.56. The average molecular weight is 270 g/mol. The van der Waals surface area contributed by atoms with Crippen molar-refractivity contribution in [1.29, 1.82) is 0 Å². The molecule has 2 rings (SSSR count). The molecule has 0 radical (unpaired) electrons. The Hall–Kier alpha value is -0.520. The highest BCUT2D eigenvalue weighted by atomic mass is 32.2. The quantitative estimate of drug-likeness (QED) is 0.792. The molecule has 1 saturated heterocycles. The van der Waals surface area contributed by atoms with E-state index < -0.39 is 6.10 Å². The molecule has 2 heterocycles. The predicted molar refractivity (Wildman–Crippen MR) is 75.8 cm³/mol. The summed E-state index contributed by atoms with van der Waals surface area (Å²) < 4.78 is 5.92. The molecule has 102 valence electrons. The molecule has 2 aliphatic rings. The van der Waals surface area contributed by atoms with Gasteiger partial charge in [-0.15, -0.1) is 6.58 Å². The first-order valence-corrected chi connectivity index (χ1v) is 7.45. The number of thioether (sulfide) groups is 1. The van der Waals surface area contributed by atoms with Gasteiger partial charge in [-0.2, -0.15) is 0 Å². The number of rotatable bonds is 4. The summed E-state index contributed by atoms with van der Waals surface area (Å²) in [7, 11) is 2.07. The van der Waals surface area contributed by atoms with Gasteiger partial charge in [0.1, 0.15) is 5.44 Å². The summed E-state index contributed by atoms with van der Waals surface area (Å²) in [5.74, 6) is 0. The molecule has 0 amide bonds. The number of nitrogens with zero attached hydrogens (tertiary/aromatic N) is 2. The van der Waals surface area contributed by atoms with E-state index in [4.69, 9.17) is 9.73 Å². The Balaban J connectivity index is 1.93. The van der Waals surface area contributed by atoms with Crippen LogP contribution in [0.3, 0.4) is 0 Å². The van der Waals surface area contributed by atoms with Crippen LogP contribution in [0, 0.1) is 0 Å². The van der Waals surface area contributed by atoms with Crippen molar-refractivity contribution in [1.82, 2.24) is 4.90 Å². The Morgan fingerprint density at radius 1 is 1.67 bits per heavy atom. The van der Waals surface area contributed by atoms with E-state index in [9.17, 15) is 5.11 Å². The van der Waals surface area contributed by atoms with Crippen molar-refractivity contribution < 1.29 is 9.84 Å². The van der Waals surface area contributed by atoms with Gasteiger partial charge in [0.15, 0.2) is 5.17 Å². The second kappa shape index (κ2) is 6.08. The summed E-state index contributed by atoms with van der Waals surface area (Å²) in [6.45, 7) is 6.80. The van der Waals surface area contributed by atoms with Crippen LogP contribution in [-0.2, 0) is 4.74 Å². The third kappa shape index (κ3) is 2.90. The molecule has 0 saturated carbocycles. The zero-order valence-corrected chi connectivity index (χ0v) is 11.9. The van der Waals surface area contributed by atoms with Gasteiger partial charge >= 0.3 is 0 Å². The zero-order chi connectivity index (χ0) is 13.1. The van der Waals surface area contributed by atoms with E-state index in [-0.39, 0.29) is 17.6 Å². The van der Waals surface area contributed by atoms with E-state index in [2.05, 4.69) is 25.5 Å². The standard InChI is InChI=1S/C13H22N2O2S/c1-4-8-15(3)13-14-9-6-7-11(10(16)5-2)17-12(9)18-13/h5,9-12,16H,2,4,6-8H2,1,3H3/t9-,10-,11-,12-/m1/s1. The van der Waals surface area contributed by atoms with Gasteiger partial charge in [0.05, 0.1) is 18.2 Å². The van der Waals surface area contributed by atoms with Crippen LogP contribution in [0.2, 0.25) is 0 Å². The van der Waals surface area contributed by atoms with E-state index in [1.54, 1.807) is 17.8 Å². The monoisotopic (exact) mass is 270 g/mol. The highest BCUT2D eigenvalue weighted by molar-refractivity contribution is 8.14.